The van der Waals surface area contributed by atoms with Crippen LogP contribution in [0, 0.1) is 13.8 Å². The minimum Gasteiger partial charge on any atom is -0.320 e. The number of anilines is 1. The van der Waals surface area contributed by atoms with Gasteiger partial charge in [-0.05, 0) is 64.5 Å². The number of likely N-dealkylation sites (tertiary alicyclic amines) is 1. The van der Waals surface area contributed by atoms with Gasteiger partial charge < -0.3 is 9.80 Å². The molecule has 1 N–H and O–H groups in total. The van der Waals surface area contributed by atoms with Crippen molar-refractivity contribution in [3.63, 3.8) is 0 Å². The molecule has 1 fully saturated rings. The van der Waals surface area contributed by atoms with Crippen LogP contribution in [0.1, 0.15) is 50.7 Å². The lowest BCUT2D eigenvalue weighted by Crippen LogP contribution is -2.59. The topological polar surface area (TPSA) is 29.1 Å². The second-order valence-corrected chi connectivity index (χ2v) is 6.83. The molecule has 1 amide bonds. The van der Waals surface area contributed by atoms with Crippen LogP contribution < -0.4 is 5.32 Å². The highest BCUT2D eigenvalue weighted by Crippen LogP contribution is 2.25. The van der Waals surface area contributed by atoms with Crippen LogP contribution in [-0.2, 0) is 4.79 Å². The first-order valence-electron chi connectivity index (χ1n) is 8.73. The van der Waals surface area contributed by atoms with Crippen molar-refractivity contribution in [1.82, 2.24) is 0 Å². The van der Waals surface area contributed by atoms with E-state index in [1.807, 2.05) is 6.07 Å². The van der Waals surface area contributed by atoms with Crippen LogP contribution >= 0.6 is 0 Å². The van der Waals surface area contributed by atoms with Crippen LogP contribution in [0.4, 0.5) is 5.69 Å². The molecule has 0 bridgehead atoms. The molecule has 3 heteroatoms. The van der Waals surface area contributed by atoms with Gasteiger partial charge in [-0.1, -0.05) is 18.2 Å². The van der Waals surface area contributed by atoms with Crippen molar-refractivity contribution in [3.05, 3.63) is 29.3 Å². The SMILES string of the molecule is CC[N+]1(C(C)C(=O)Nc2c(C)cccc2C)CCCCCC1. The van der Waals surface area contributed by atoms with E-state index in [1.165, 1.54) is 25.7 Å². The Labute approximate surface area is 135 Å². The van der Waals surface area contributed by atoms with Gasteiger partial charge >= 0.3 is 0 Å². The zero-order valence-corrected chi connectivity index (χ0v) is 14.6. The average molecular weight is 303 g/mol. The van der Waals surface area contributed by atoms with Crippen LogP contribution in [0.25, 0.3) is 0 Å². The molecular formula is C19H31N2O+. The molecular weight excluding hydrogens is 272 g/mol. The molecule has 1 aliphatic rings. The van der Waals surface area contributed by atoms with Crippen LogP contribution in [0.15, 0.2) is 18.2 Å². The fourth-order valence-electron chi connectivity index (χ4n) is 3.78. The van der Waals surface area contributed by atoms with E-state index in [-0.39, 0.29) is 11.9 Å². The molecule has 0 spiro atoms. The summed E-state index contributed by atoms with van der Waals surface area (Å²) in [5.74, 6) is 0.168. The zero-order chi connectivity index (χ0) is 16.2. The summed E-state index contributed by atoms with van der Waals surface area (Å²) in [5, 5.41) is 3.20. The molecule has 1 unspecified atom stereocenters. The van der Waals surface area contributed by atoms with Crippen LogP contribution in [0.3, 0.4) is 0 Å². The second kappa shape index (κ2) is 7.28. The largest absolute Gasteiger partial charge is 0.320 e. The van der Waals surface area contributed by atoms with E-state index in [9.17, 15) is 4.79 Å². The van der Waals surface area contributed by atoms with Gasteiger partial charge in [0.1, 0.15) is 0 Å². The van der Waals surface area contributed by atoms with E-state index >= 15 is 0 Å². The summed E-state index contributed by atoms with van der Waals surface area (Å²) in [7, 11) is 0. The van der Waals surface area contributed by atoms with E-state index < -0.39 is 0 Å². The number of carbonyl (C=O) groups excluding carboxylic acids is 1. The summed E-state index contributed by atoms with van der Waals surface area (Å²) in [6, 6.07) is 6.17. The Morgan fingerprint density at radius 2 is 1.68 bits per heavy atom. The normalized spacial score (nSPS) is 19.3. The molecule has 1 aromatic rings. The third kappa shape index (κ3) is 3.52. The number of hydrogen-bond acceptors (Lipinski definition) is 1. The van der Waals surface area contributed by atoms with Crippen molar-refractivity contribution in [2.24, 2.45) is 0 Å². The monoisotopic (exact) mass is 303 g/mol. The smallest absolute Gasteiger partial charge is 0.282 e. The molecule has 22 heavy (non-hydrogen) atoms. The molecule has 1 heterocycles. The van der Waals surface area contributed by atoms with Crippen molar-refractivity contribution in [1.29, 1.82) is 0 Å². The highest BCUT2D eigenvalue weighted by molar-refractivity contribution is 5.95. The number of quaternary nitrogens is 1. The molecule has 1 aromatic carbocycles. The summed E-state index contributed by atoms with van der Waals surface area (Å²) in [4.78, 5) is 12.9. The second-order valence-electron chi connectivity index (χ2n) is 6.83. The number of benzene rings is 1. The Morgan fingerprint density at radius 3 is 2.18 bits per heavy atom. The number of rotatable bonds is 4. The molecule has 0 saturated carbocycles. The van der Waals surface area contributed by atoms with Gasteiger partial charge in [0.25, 0.3) is 5.91 Å². The first-order valence-corrected chi connectivity index (χ1v) is 8.73. The van der Waals surface area contributed by atoms with Crippen molar-refractivity contribution >= 4 is 11.6 Å². The number of aryl methyl sites for hydroxylation is 2. The Hall–Kier alpha value is -1.35. The van der Waals surface area contributed by atoms with Crippen molar-refractivity contribution in [2.75, 3.05) is 25.0 Å². The van der Waals surface area contributed by atoms with E-state index in [0.29, 0.717) is 0 Å². The summed E-state index contributed by atoms with van der Waals surface area (Å²) in [6.45, 7) is 11.8. The van der Waals surface area contributed by atoms with Crippen LogP contribution in [0.5, 0.6) is 0 Å². The molecule has 0 radical (unpaired) electrons. The van der Waals surface area contributed by atoms with Gasteiger partial charge in [0.15, 0.2) is 6.04 Å². The third-order valence-electron chi connectivity index (χ3n) is 5.52. The van der Waals surface area contributed by atoms with E-state index in [2.05, 4.69) is 45.1 Å². The maximum atomic E-state index is 12.9. The Morgan fingerprint density at radius 1 is 1.14 bits per heavy atom. The van der Waals surface area contributed by atoms with Gasteiger partial charge in [0.05, 0.1) is 19.6 Å². The molecule has 2 rings (SSSR count). The minimum absolute atomic E-state index is 0.0158. The molecule has 3 nitrogen and oxygen atoms in total. The Bertz CT molecular complexity index is 496. The lowest BCUT2D eigenvalue weighted by Gasteiger charge is -2.41. The van der Waals surface area contributed by atoms with Crippen LogP contribution in [-0.4, -0.2) is 36.1 Å². The fourth-order valence-corrected chi connectivity index (χ4v) is 3.78. The number of nitrogens with one attached hydrogen (secondary N) is 1. The lowest BCUT2D eigenvalue weighted by molar-refractivity contribution is -0.938. The van der Waals surface area contributed by atoms with Gasteiger partial charge in [-0.2, -0.15) is 0 Å². The van der Waals surface area contributed by atoms with Gasteiger partial charge in [-0.3, -0.25) is 4.79 Å². The number of carbonyl (C=O) groups is 1. The van der Waals surface area contributed by atoms with Gasteiger partial charge in [-0.15, -0.1) is 0 Å². The molecule has 1 atom stereocenters. The van der Waals surface area contributed by atoms with Crippen molar-refractivity contribution in [3.8, 4) is 0 Å². The highest BCUT2D eigenvalue weighted by Gasteiger charge is 2.37. The van der Waals surface area contributed by atoms with Crippen LogP contribution in [0.2, 0.25) is 0 Å². The standard InChI is InChI=1S/C19H30N2O/c1-5-21(13-8-6-7-9-14-21)17(4)19(22)20-18-15(2)11-10-12-16(18)3/h10-12,17H,5-9,13-14H2,1-4H3/p+1. The fraction of sp³-hybridized carbons (Fsp3) is 0.632. The number of para-hydroxylation sites is 1. The Kier molecular flexibility index (Phi) is 5.63. The predicted octanol–water partition coefficient (Wildman–Crippen LogP) is 4.04. The Balaban J connectivity index is 2.17. The number of amides is 1. The van der Waals surface area contributed by atoms with E-state index in [0.717, 1.165) is 40.9 Å². The maximum absolute atomic E-state index is 12.9. The quantitative estimate of drug-likeness (QED) is 0.836. The van der Waals surface area contributed by atoms with E-state index in [1.54, 1.807) is 0 Å². The maximum Gasteiger partial charge on any atom is 0.282 e. The summed E-state index contributed by atoms with van der Waals surface area (Å²) >= 11 is 0. The predicted molar refractivity (Wildman–Crippen MR) is 93.0 cm³/mol. The molecule has 1 aliphatic heterocycles. The number of nitrogens with zero attached hydrogens (tertiary/aromatic N) is 1. The lowest BCUT2D eigenvalue weighted by atomic mass is 10.1. The highest BCUT2D eigenvalue weighted by atomic mass is 16.2. The first-order chi connectivity index (χ1) is 10.5. The minimum atomic E-state index is 0.0158. The first kappa shape index (κ1) is 17.0. The van der Waals surface area contributed by atoms with Gasteiger partial charge in [0.2, 0.25) is 0 Å². The molecule has 0 aliphatic carbocycles. The number of hydrogen-bond donors (Lipinski definition) is 1. The zero-order valence-electron chi connectivity index (χ0n) is 14.6. The molecule has 1 saturated heterocycles. The number of likely N-dealkylation sites (N-methyl/N-ethyl adjacent to an activating group) is 1. The average Bonchev–Trinajstić information content (AvgIpc) is 2.76. The summed E-state index contributed by atoms with van der Waals surface area (Å²) < 4.78 is 0.941. The van der Waals surface area contributed by atoms with Gasteiger partial charge in [0, 0.05) is 5.69 Å². The van der Waals surface area contributed by atoms with Crippen molar-refractivity contribution < 1.29 is 9.28 Å². The third-order valence-corrected chi connectivity index (χ3v) is 5.52. The van der Waals surface area contributed by atoms with Crippen molar-refractivity contribution in [2.45, 2.75) is 59.4 Å². The molecule has 122 valence electrons. The summed E-state index contributed by atoms with van der Waals surface area (Å²) in [6.07, 6.45) is 5.11. The van der Waals surface area contributed by atoms with Gasteiger partial charge in [-0.25, -0.2) is 0 Å². The molecule has 0 aromatic heterocycles. The van der Waals surface area contributed by atoms with E-state index in [4.69, 9.17) is 0 Å². The summed E-state index contributed by atoms with van der Waals surface area (Å²) in [5.41, 5.74) is 3.27.